The highest BCUT2D eigenvalue weighted by Gasteiger charge is 2.08. The van der Waals surface area contributed by atoms with Gasteiger partial charge in [0, 0.05) is 6.42 Å². The smallest absolute Gasteiger partial charge is 0.215 e. The van der Waals surface area contributed by atoms with Gasteiger partial charge in [0.25, 0.3) is 0 Å². The van der Waals surface area contributed by atoms with E-state index in [1.54, 1.807) is 6.07 Å². The third-order valence-corrected chi connectivity index (χ3v) is 2.36. The normalized spacial score (nSPS) is 10.3. The van der Waals surface area contributed by atoms with Gasteiger partial charge in [0.2, 0.25) is 5.82 Å². The van der Waals surface area contributed by atoms with E-state index in [1.165, 1.54) is 12.1 Å². The van der Waals surface area contributed by atoms with Crippen LogP contribution in [0.4, 0.5) is 4.39 Å². The fourth-order valence-corrected chi connectivity index (χ4v) is 1.58. The van der Waals surface area contributed by atoms with Crippen LogP contribution in [-0.2, 0) is 11.2 Å². The third kappa shape index (κ3) is 2.94. The van der Waals surface area contributed by atoms with E-state index in [0.717, 1.165) is 5.56 Å². The first-order valence-corrected chi connectivity index (χ1v) is 5.67. The fourth-order valence-electron chi connectivity index (χ4n) is 1.58. The highest BCUT2D eigenvalue weighted by molar-refractivity contribution is 5.48. The van der Waals surface area contributed by atoms with Crippen molar-refractivity contribution >= 4 is 5.76 Å². The molecule has 0 saturated heterocycles. The maximum absolute atomic E-state index is 13.0. The zero-order valence-corrected chi connectivity index (χ0v) is 10.1. The minimum Gasteiger partial charge on any atom is -0.490 e. The van der Waals surface area contributed by atoms with E-state index >= 15 is 0 Å². The van der Waals surface area contributed by atoms with Crippen molar-refractivity contribution in [3.05, 3.63) is 53.9 Å². The second kappa shape index (κ2) is 5.44. The largest absolute Gasteiger partial charge is 0.490 e. The second-order valence-electron chi connectivity index (χ2n) is 3.77. The molecule has 18 heavy (non-hydrogen) atoms. The summed E-state index contributed by atoms with van der Waals surface area (Å²) in [5.74, 6) is 1.25. The molecule has 4 nitrogen and oxygen atoms in total. The van der Waals surface area contributed by atoms with Crippen molar-refractivity contribution < 1.29 is 9.13 Å². The molecule has 94 valence electrons. The Hall–Kier alpha value is -2.17. The molecule has 1 aromatic heterocycles. The summed E-state index contributed by atoms with van der Waals surface area (Å²) in [5.41, 5.74) is 0.833. The molecule has 0 spiro atoms. The highest BCUT2D eigenvalue weighted by Crippen LogP contribution is 2.11. The lowest BCUT2D eigenvalue weighted by Gasteiger charge is -2.00. The number of aromatic nitrogens is 3. The molecular weight excluding hydrogens is 233 g/mol. The van der Waals surface area contributed by atoms with Gasteiger partial charge in [0.1, 0.15) is 11.6 Å². The Kier molecular flexibility index (Phi) is 3.72. The van der Waals surface area contributed by atoms with E-state index in [2.05, 4.69) is 21.8 Å². The molecule has 0 radical (unpaired) electrons. The summed E-state index contributed by atoms with van der Waals surface area (Å²) in [5, 5.41) is 6.79. The Morgan fingerprint density at radius 3 is 3.06 bits per heavy atom. The number of rotatable bonds is 5. The number of nitrogens with one attached hydrogen (secondary N) is 1. The van der Waals surface area contributed by atoms with Crippen molar-refractivity contribution in [2.45, 2.75) is 13.3 Å². The summed E-state index contributed by atoms with van der Waals surface area (Å²) in [6.45, 7) is 6.11. The minimum atomic E-state index is -0.258. The number of aromatic amines is 1. The lowest BCUT2D eigenvalue weighted by Crippen LogP contribution is -1.93. The van der Waals surface area contributed by atoms with Crippen LogP contribution in [-0.4, -0.2) is 21.8 Å². The summed E-state index contributed by atoms with van der Waals surface area (Å²) in [7, 11) is 0. The first-order valence-electron chi connectivity index (χ1n) is 5.67. The average molecular weight is 247 g/mol. The lowest BCUT2D eigenvalue weighted by molar-refractivity contribution is 0.296. The zero-order chi connectivity index (χ0) is 13.0. The van der Waals surface area contributed by atoms with Crippen molar-refractivity contribution in [3.8, 4) is 0 Å². The molecule has 0 bridgehead atoms. The molecule has 1 aromatic carbocycles. The van der Waals surface area contributed by atoms with Gasteiger partial charge < -0.3 is 4.74 Å². The van der Waals surface area contributed by atoms with Gasteiger partial charge in [-0.05, 0) is 24.6 Å². The summed E-state index contributed by atoms with van der Waals surface area (Å²) >= 11 is 0. The van der Waals surface area contributed by atoms with Crippen LogP contribution in [0.1, 0.15) is 24.1 Å². The van der Waals surface area contributed by atoms with Gasteiger partial charge in [0.05, 0.1) is 6.61 Å². The molecule has 2 rings (SSSR count). The van der Waals surface area contributed by atoms with Gasteiger partial charge in [-0.1, -0.05) is 18.7 Å². The van der Waals surface area contributed by atoms with E-state index in [4.69, 9.17) is 4.74 Å². The molecule has 0 aliphatic rings. The number of halogens is 1. The molecule has 0 atom stereocenters. The van der Waals surface area contributed by atoms with Crippen molar-refractivity contribution in [2.75, 3.05) is 6.61 Å². The lowest BCUT2D eigenvalue weighted by atomic mass is 10.1. The van der Waals surface area contributed by atoms with Crippen LogP contribution in [0.2, 0.25) is 0 Å². The Bertz CT molecular complexity index is 551. The van der Waals surface area contributed by atoms with Gasteiger partial charge in [-0.15, -0.1) is 0 Å². The highest BCUT2D eigenvalue weighted by atomic mass is 19.1. The molecule has 0 aliphatic carbocycles. The predicted molar refractivity (Wildman–Crippen MR) is 66.2 cm³/mol. The molecule has 0 fully saturated rings. The van der Waals surface area contributed by atoms with Crippen LogP contribution < -0.4 is 0 Å². The summed E-state index contributed by atoms with van der Waals surface area (Å²) in [4.78, 5) is 4.24. The summed E-state index contributed by atoms with van der Waals surface area (Å²) in [6, 6.07) is 6.38. The van der Waals surface area contributed by atoms with E-state index in [9.17, 15) is 4.39 Å². The van der Waals surface area contributed by atoms with E-state index < -0.39 is 0 Å². The van der Waals surface area contributed by atoms with Crippen LogP contribution in [0.15, 0.2) is 30.8 Å². The van der Waals surface area contributed by atoms with Gasteiger partial charge in [-0.3, -0.25) is 5.10 Å². The topological polar surface area (TPSA) is 50.8 Å². The van der Waals surface area contributed by atoms with Crippen molar-refractivity contribution in [3.63, 3.8) is 0 Å². The number of H-pyrrole nitrogens is 1. The van der Waals surface area contributed by atoms with Crippen LogP contribution >= 0.6 is 0 Å². The molecule has 0 amide bonds. The average Bonchev–Trinajstić information content (AvgIpc) is 2.78. The predicted octanol–water partition coefficient (Wildman–Crippen LogP) is 2.54. The number of benzene rings is 1. The minimum absolute atomic E-state index is 0.258. The number of hydrogen-bond acceptors (Lipinski definition) is 3. The number of nitrogens with zero attached hydrogens (tertiary/aromatic N) is 2. The van der Waals surface area contributed by atoms with Crippen molar-refractivity contribution in [2.24, 2.45) is 0 Å². The van der Waals surface area contributed by atoms with E-state index in [-0.39, 0.29) is 5.82 Å². The standard InChI is InChI=1S/C13H14FN3O/c1-3-18-9(2)13-15-12(16-17-13)8-10-5-4-6-11(14)7-10/h4-7H,2-3,8H2,1H3,(H,15,16,17). The van der Waals surface area contributed by atoms with Gasteiger partial charge in [-0.25, -0.2) is 9.37 Å². The molecule has 5 heteroatoms. The van der Waals surface area contributed by atoms with Crippen LogP contribution in [0.3, 0.4) is 0 Å². The quantitative estimate of drug-likeness (QED) is 0.826. The van der Waals surface area contributed by atoms with Gasteiger partial charge in [-0.2, -0.15) is 5.10 Å². The molecule has 0 saturated carbocycles. The van der Waals surface area contributed by atoms with Crippen LogP contribution in [0.25, 0.3) is 5.76 Å². The molecular formula is C13H14FN3O. The van der Waals surface area contributed by atoms with Gasteiger partial charge in [0.15, 0.2) is 5.76 Å². The Labute approximate surface area is 105 Å². The van der Waals surface area contributed by atoms with E-state index in [0.29, 0.717) is 30.4 Å². The monoisotopic (exact) mass is 247 g/mol. The molecule has 0 unspecified atom stereocenters. The Morgan fingerprint density at radius 2 is 2.33 bits per heavy atom. The third-order valence-electron chi connectivity index (χ3n) is 2.36. The zero-order valence-electron chi connectivity index (χ0n) is 10.1. The number of ether oxygens (including phenoxy) is 1. The number of hydrogen-bond donors (Lipinski definition) is 1. The molecule has 2 aromatic rings. The van der Waals surface area contributed by atoms with Crippen molar-refractivity contribution in [1.82, 2.24) is 15.2 Å². The molecule has 1 N–H and O–H groups in total. The Morgan fingerprint density at radius 1 is 1.50 bits per heavy atom. The Balaban J connectivity index is 2.09. The SMILES string of the molecule is C=C(OCC)c1n[nH]c(Cc2cccc(F)c2)n1. The maximum atomic E-state index is 13.0. The van der Waals surface area contributed by atoms with Crippen LogP contribution in [0, 0.1) is 5.82 Å². The van der Waals surface area contributed by atoms with E-state index in [1.807, 2.05) is 13.0 Å². The summed E-state index contributed by atoms with van der Waals surface area (Å²) < 4.78 is 18.2. The van der Waals surface area contributed by atoms with Crippen molar-refractivity contribution in [1.29, 1.82) is 0 Å². The second-order valence-corrected chi connectivity index (χ2v) is 3.77. The maximum Gasteiger partial charge on any atom is 0.215 e. The first-order chi connectivity index (χ1) is 8.69. The molecule has 1 heterocycles. The summed E-state index contributed by atoms with van der Waals surface area (Å²) in [6.07, 6.45) is 0.490. The van der Waals surface area contributed by atoms with Gasteiger partial charge >= 0.3 is 0 Å². The first kappa shape index (κ1) is 12.3. The molecule has 0 aliphatic heterocycles. The fraction of sp³-hybridized carbons (Fsp3) is 0.231. The van der Waals surface area contributed by atoms with Crippen LogP contribution in [0.5, 0.6) is 0 Å².